The van der Waals surface area contributed by atoms with E-state index in [1.54, 1.807) is 37.3 Å². The van der Waals surface area contributed by atoms with Crippen LogP contribution in [0.25, 0.3) is 0 Å². The van der Waals surface area contributed by atoms with Crippen molar-refractivity contribution in [3.05, 3.63) is 53.1 Å². The van der Waals surface area contributed by atoms with Crippen molar-refractivity contribution < 1.29 is 19.1 Å². The first kappa shape index (κ1) is 21.6. The van der Waals surface area contributed by atoms with Crippen molar-refractivity contribution in [3.63, 3.8) is 0 Å². The van der Waals surface area contributed by atoms with Crippen LogP contribution in [0, 0.1) is 13.8 Å². The lowest BCUT2D eigenvalue weighted by Gasteiger charge is -2.34. The van der Waals surface area contributed by atoms with Gasteiger partial charge in [-0.25, -0.2) is 0 Å². The topological polar surface area (TPSA) is 71.1 Å². The van der Waals surface area contributed by atoms with E-state index in [0.29, 0.717) is 49.8 Å². The maximum atomic E-state index is 13.0. The number of anilines is 1. The molecule has 160 valence electrons. The van der Waals surface area contributed by atoms with Gasteiger partial charge in [0.2, 0.25) is 5.91 Å². The second-order valence-corrected chi connectivity index (χ2v) is 7.45. The van der Waals surface area contributed by atoms with Gasteiger partial charge in [-0.3, -0.25) is 14.5 Å². The minimum Gasteiger partial charge on any atom is -0.497 e. The molecule has 1 aliphatic rings. The van der Waals surface area contributed by atoms with Crippen molar-refractivity contribution in [1.82, 2.24) is 9.80 Å². The number of ether oxygens (including phenoxy) is 2. The van der Waals surface area contributed by atoms with Crippen LogP contribution in [-0.4, -0.2) is 68.6 Å². The van der Waals surface area contributed by atoms with Gasteiger partial charge in [0.15, 0.2) is 0 Å². The molecule has 7 heteroatoms. The first-order valence-corrected chi connectivity index (χ1v) is 10.0. The molecule has 3 rings (SSSR count). The second kappa shape index (κ2) is 9.63. The Morgan fingerprint density at radius 2 is 1.63 bits per heavy atom. The van der Waals surface area contributed by atoms with E-state index in [0.717, 1.165) is 16.8 Å². The number of rotatable bonds is 6. The van der Waals surface area contributed by atoms with Crippen LogP contribution in [-0.2, 0) is 4.79 Å². The van der Waals surface area contributed by atoms with Crippen LogP contribution in [0.2, 0.25) is 0 Å². The third kappa shape index (κ3) is 4.91. The summed E-state index contributed by atoms with van der Waals surface area (Å²) in [6.45, 7) is 6.65. The van der Waals surface area contributed by atoms with Crippen molar-refractivity contribution >= 4 is 17.5 Å². The molecule has 0 saturated carbocycles. The standard InChI is InChI=1S/C23H29N3O4/c1-16-6-5-7-17(2)22(16)24-21(27)15-25-10-12-26(13-11-25)23(28)19-14-18(29-3)8-9-20(19)30-4/h5-9,14H,10-13,15H2,1-4H3,(H,24,27). The van der Waals surface area contributed by atoms with Crippen LogP contribution in [0.1, 0.15) is 21.5 Å². The highest BCUT2D eigenvalue weighted by atomic mass is 16.5. The number of nitrogens with one attached hydrogen (secondary N) is 1. The van der Waals surface area contributed by atoms with Crippen molar-refractivity contribution in [2.45, 2.75) is 13.8 Å². The van der Waals surface area contributed by atoms with Gasteiger partial charge in [0.05, 0.1) is 26.3 Å². The molecule has 1 heterocycles. The fourth-order valence-corrected chi connectivity index (χ4v) is 3.65. The molecule has 1 aliphatic heterocycles. The summed E-state index contributed by atoms with van der Waals surface area (Å²) in [7, 11) is 3.11. The molecule has 1 saturated heterocycles. The number of hydrogen-bond acceptors (Lipinski definition) is 5. The van der Waals surface area contributed by atoms with E-state index < -0.39 is 0 Å². The van der Waals surface area contributed by atoms with E-state index in [4.69, 9.17) is 9.47 Å². The molecule has 1 fully saturated rings. The molecule has 1 N–H and O–H groups in total. The lowest BCUT2D eigenvalue weighted by molar-refractivity contribution is -0.117. The Balaban J connectivity index is 1.57. The number of benzene rings is 2. The molecule has 2 amide bonds. The summed E-state index contributed by atoms with van der Waals surface area (Å²) in [5, 5.41) is 3.02. The van der Waals surface area contributed by atoms with Gasteiger partial charge in [0, 0.05) is 31.9 Å². The number of hydrogen-bond donors (Lipinski definition) is 1. The first-order valence-electron chi connectivity index (χ1n) is 10.0. The monoisotopic (exact) mass is 411 g/mol. The number of methoxy groups -OCH3 is 2. The minimum absolute atomic E-state index is 0.0401. The van der Waals surface area contributed by atoms with Crippen LogP contribution in [0.15, 0.2) is 36.4 Å². The molecule has 0 aromatic heterocycles. The Kier molecular flexibility index (Phi) is 6.95. The van der Waals surface area contributed by atoms with E-state index in [1.807, 2.05) is 32.0 Å². The molecular weight excluding hydrogens is 382 g/mol. The second-order valence-electron chi connectivity index (χ2n) is 7.45. The zero-order chi connectivity index (χ0) is 21.7. The summed E-state index contributed by atoms with van der Waals surface area (Å²) in [6, 6.07) is 11.2. The van der Waals surface area contributed by atoms with Crippen molar-refractivity contribution in [2.75, 3.05) is 52.3 Å². The minimum atomic E-state index is -0.0922. The zero-order valence-electron chi connectivity index (χ0n) is 18.0. The molecule has 0 unspecified atom stereocenters. The molecule has 0 bridgehead atoms. The number of nitrogens with zero attached hydrogens (tertiary/aromatic N) is 2. The molecule has 0 aliphatic carbocycles. The predicted octanol–water partition coefficient (Wildman–Crippen LogP) is 2.72. The molecule has 2 aromatic rings. The van der Waals surface area contributed by atoms with Gasteiger partial charge in [-0.1, -0.05) is 18.2 Å². The Hall–Kier alpha value is -3.06. The molecule has 2 aromatic carbocycles. The maximum Gasteiger partial charge on any atom is 0.257 e. The fourth-order valence-electron chi connectivity index (χ4n) is 3.65. The maximum absolute atomic E-state index is 13.0. The lowest BCUT2D eigenvalue weighted by Crippen LogP contribution is -2.50. The summed E-state index contributed by atoms with van der Waals surface area (Å²) in [5.74, 6) is 1.00. The first-order chi connectivity index (χ1) is 14.4. The fraction of sp³-hybridized carbons (Fsp3) is 0.391. The molecule has 0 spiro atoms. The number of carbonyl (C=O) groups is 2. The van der Waals surface area contributed by atoms with Crippen LogP contribution < -0.4 is 14.8 Å². The lowest BCUT2D eigenvalue weighted by atomic mass is 10.1. The third-order valence-electron chi connectivity index (χ3n) is 5.41. The van der Waals surface area contributed by atoms with E-state index in [2.05, 4.69) is 10.2 Å². The van der Waals surface area contributed by atoms with Gasteiger partial charge < -0.3 is 19.7 Å². The summed E-state index contributed by atoms with van der Waals surface area (Å²) < 4.78 is 10.6. The Morgan fingerprint density at radius 1 is 0.967 bits per heavy atom. The molecule has 0 radical (unpaired) electrons. The van der Waals surface area contributed by atoms with E-state index >= 15 is 0 Å². The number of piperazine rings is 1. The van der Waals surface area contributed by atoms with Crippen molar-refractivity contribution in [2.24, 2.45) is 0 Å². The van der Waals surface area contributed by atoms with Crippen LogP contribution in [0.4, 0.5) is 5.69 Å². The smallest absolute Gasteiger partial charge is 0.257 e. The van der Waals surface area contributed by atoms with E-state index in [9.17, 15) is 9.59 Å². The number of aryl methyl sites for hydroxylation is 2. The predicted molar refractivity (Wildman–Crippen MR) is 116 cm³/mol. The Bertz CT molecular complexity index is 900. The third-order valence-corrected chi connectivity index (χ3v) is 5.41. The highest BCUT2D eigenvalue weighted by Crippen LogP contribution is 2.26. The zero-order valence-corrected chi connectivity index (χ0v) is 18.0. The van der Waals surface area contributed by atoms with Crippen molar-refractivity contribution in [3.8, 4) is 11.5 Å². The number of amides is 2. The average Bonchev–Trinajstić information content (AvgIpc) is 2.76. The molecule has 0 atom stereocenters. The molecule has 30 heavy (non-hydrogen) atoms. The van der Waals surface area contributed by atoms with Gasteiger partial charge in [0.25, 0.3) is 5.91 Å². The Labute approximate surface area is 177 Å². The average molecular weight is 412 g/mol. The highest BCUT2D eigenvalue weighted by molar-refractivity contribution is 5.97. The largest absolute Gasteiger partial charge is 0.497 e. The summed E-state index contributed by atoms with van der Waals surface area (Å²) >= 11 is 0. The van der Waals surface area contributed by atoms with Crippen LogP contribution in [0.5, 0.6) is 11.5 Å². The van der Waals surface area contributed by atoms with Crippen LogP contribution >= 0.6 is 0 Å². The normalized spacial score (nSPS) is 14.3. The van der Waals surface area contributed by atoms with E-state index in [1.165, 1.54) is 0 Å². The molecule has 7 nitrogen and oxygen atoms in total. The summed E-state index contributed by atoms with van der Waals surface area (Å²) in [5.41, 5.74) is 3.46. The van der Waals surface area contributed by atoms with E-state index in [-0.39, 0.29) is 11.8 Å². The quantitative estimate of drug-likeness (QED) is 0.792. The Morgan fingerprint density at radius 3 is 2.23 bits per heavy atom. The van der Waals surface area contributed by atoms with Crippen molar-refractivity contribution in [1.29, 1.82) is 0 Å². The van der Waals surface area contributed by atoms with Gasteiger partial charge in [-0.05, 0) is 43.2 Å². The van der Waals surface area contributed by atoms with Gasteiger partial charge in [-0.15, -0.1) is 0 Å². The summed E-state index contributed by atoms with van der Waals surface area (Å²) in [6.07, 6.45) is 0. The molecular formula is C23H29N3O4. The van der Waals surface area contributed by atoms with Gasteiger partial charge >= 0.3 is 0 Å². The van der Waals surface area contributed by atoms with Gasteiger partial charge in [-0.2, -0.15) is 0 Å². The highest BCUT2D eigenvalue weighted by Gasteiger charge is 2.25. The number of carbonyl (C=O) groups excluding carboxylic acids is 2. The summed E-state index contributed by atoms with van der Waals surface area (Å²) in [4.78, 5) is 29.4. The number of para-hydroxylation sites is 1. The van der Waals surface area contributed by atoms with Gasteiger partial charge in [0.1, 0.15) is 11.5 Å². The SMILES string of the molecule is COc1ccc(OC)c(C(=O)N2CCN(CC(=O)Nc3c(C)cccc3C)CC2)c1. The van der Waals surface area contributed by atoms with Crippen LogP contribution in [0.3, 0.4) is 0 Å².